The maximum Gasteiger partial charge on any atom is 0.416 e. The van der Waals surface area contributed by atoms with Gasteiger partial charge in [0.25, 0.3) is 11.8 Å². The number of rotatable bonds is 8. The topological polar surface area (TPSA) is 83.6 Å². The molecule has 2 aromatic rings. The second-order valence-corrected chi connectivity index (χ2v) is 7.89. The Bertz CT molecular complexity index is 1090. The number of benzene rings is 2. The van der Waals surface area contributed by atoms with Gasteiger partial charge >= 0.3 is 6.18 Å². The normalized spacial score (nSPS) is 14.1. The molecule has 1 aliphatic rings. The van der Waals surface area contributed by atoms with Crippen LogP contribution in [0, 0.1) is 0 Å². The van der Waals surface area contributed by atoms with E-state index in [1.807, 2.05) is 0 Å². The minimum absolute atomic E-state index is 0.0127. The lowest BCUT2D eigenvalue weighted by Gasteiger charge is -2.25. The Morgan fingerprint density at radius 2 is 1.76 bits per heavy atom. The van der Waals surface area contributed by atoms with E-state index in [2.05, 4.69) is 5.32 Å². The number of fused-ring (bicyclic) bond motifs is 1. The van der Waals surface area contributed by atoms with Crippen LogP contribution in [0.2, 0.25) is 0 Å². The van der Waals surface area contributed by atoms with Crippen molar-refractivity contribution in [2.45, 2.75) is 51.9 Å². The highest BCUT2D eigenvalue weighted by atomic mass is 19.4. The van der Waals surface area contributed by atoms with Crippen LogP contribution in [0.3, 0.4) is 0 Å². The van der Waals surface area contributed by atoms with Gasteiger partial charge in [0.05, 0.1) is 11.6 Å². The molecule has 1 aliphatic heterocycles. The van der Waals surface area contributed by atoms with Crippen LogP contribution < -0.4 is 5.32 Å². The Hall–Kier alpha value is -3.49. The van der Waals surface area contributed by atoms with Crippen molar-refractivity contribution in [1.29, 1.82) is 0 Å². The minimum atomic E-state index is -4.49. The maximum absolute atomic E-state index is 12.8. The van der Waals surface area contributed by atoms with Crippen LogP contribution >= 0.6 is 0 Å². The molecule has 0 saturated heterocycles. The van der Waals surface area contributed by atoms with Crippen molar-refractivity contribution in [2.24, 2.45) is 0 Å². The lowest BCUT2D eigenvalue weighted by molar-refractivity contribution is -0.137. The molecule has 2 aromatic carbocycles. The molecule has 2 amide bonds. The number of amides is 2. The smallest absolute Gasteiger partial charge is 0.324 e. The van der Waals surface area contributed by atoms with Gasteiger partial charge in [-0.05, 0) is 61.4 Å². The van der Waals surface area contributed by atoms with Crippen LogP contribution in [-0.4, -0.2) is 34.3 Å². The summed E-state index contributed by atoms with van der Waals surface area (Å²) in [5.74, 6) is -1.12. The molecule has 6 nitrogen and oxygen atoms in total. The van der Waals surface area contributed by atoms with E-state index >= 15 is 0 Å². The Morgan fingerprint density at radius 3 is 2.33 bits per heavy atom. The molecule has 3 rings (SSSR count). The lowest BCUT2D eigenvalue weighted by atomic mass is 10.0. The van der Waals surface area contributed by atoms with Gasteiger partial charge in [0, 0.05) is 36.2 Å². The second kappa shape index (κ2) is 9.56. The predicted octanol–water partition coefficient (Wildman–Crippen LogP) is 4.63. The number of halogens is 3. The minimum Gasteiger partial charge on any atom is -0.324 e. The third kappa shape index (κ3) is 5.47. The van der Waals surface area contributed by atoms with Gasteiger partial charge in [-0.3, -0.25) is 19.2 Å². The number of ketones is 2. The summed E-state index contributed by atoms with van der Waals surface area (Å²) < 4.78 is 38.1. The summed E-state index contributed by atoms with van der Waals surface area (Å²) in [6, 6.07) is 7.78. The summed E-state index contributed by atoms with van der Waals surface area (Å²) in [6.45, 7) is 3.28. The average molecular weight is 460 g/mol. The van der Waals surface area contributed by atoms with Crippen molar-refractivity contribution in [3.05, 3.63) is 64.7 Å². The Balaban J connectivity index is 1.73. The molecular formula is C24H23F3N2O4. The van der Waals surface area contributed by atoms with Gasteiger partial charge in [-0.1, -0.05) is 6.92 Å². The fraction of sp³-hybridized carbons (Fsp3) is 0.333. The van der Waals surface area contributed by atoms with E-state index in [0.29, 0.717) is 23.2 Å². The van der Waals surface area contributed by atoms with Gasteiger partial charge in [0.2, 0.25) is 0 Å². The van der Waals surface area contributed by atoms with Crippen molar-refractivity contribution in [3.63, 3.8) is 0 Å². The fourth-order valence-electron chi connectivity index (χ4n) is 3.74. The molecule has 0 spiro atoms. The third-order valence-corrected chi connectivity index (χ3v) is 5.61. The third-order valence-electron chi connectivity index (χ3n) is 5.61. The summed E-state index contributed by atoms with van der Waals surface area (Å²) in [5.41, 5.74) is 0.581. The first-order valence-corrected chi connectivity index (χ1v) is 10.5. The number of carbonyl (C=O) groups excluding carboxylic acids is 4. The van der Waals surface area contributed by atoms with Gasteiger partial charge in [0.1, 0.15) is 5.78 Å². The number of nitrogens with one attached hydrogen (secondary N) is 1. The number of hydrogen-bond acceptors (Lipinski definition) is 4. The largest absolute Gasteiger partial charge is 0.416 e. The van der Waals surface area contributed by atoms with Gasteiger partial charge in [0.15, 0.2) is 5.78 Å². The zero-order valence-electron chi connectivity index (χ0n) is 18.2. The molecule has 33 heavy (non-hydrogen) atoms. The van der Waals surface area contributed by atoms with Crippen molar-refractivity contribution in [1.82, 2.24) is 4.90 Å². The van der Waals surface area contributed by atoms with Crippen LogP contribution in [-0.2, 0) is 22.3 Å². The Labute approximate surface area is 188 Å². The zero-order chi connectivity index (χ0) is 24.3. The van der Waals surface area contributed by atoms with Crippen LogP contribution in [0.25, 0.3) is 0 Å². The molecule has 1 unspecified atom stereocenters. The van der Waals surface area contributed by atoms with Crippen LogP contribution in [0.4, 0.5) is 18.9 Å². The van der Waals surface area contributed by atoms with E-state index in [1.54, 1.807) is 13.0 Å². The molecule has 0 aliphatic carbocycles. The molecule has 1 atom stereocenters. The van der Waals surface area contributed by atoms with E-state index in [1.165, 1.54) is 24.0 Å². The Morgan fingerprint density at radius 1 is 1.09 bits per heavy atom. The highest BCUT2D eigenvalue weighted by molar-refractivity contribution is 6.05. The molecule has 174 valence electrons. The molecule has 0 saturated carbocycles. The van der Waals surface area contributed by atoms with E-state index in [0.717, 1.165) is 24.3 Å². The molecule has 0 aromatic heterocycles. The van der Waals surface area contributed by atoms with Crippen LogP contribution in [0.15, 0.2) is 42.5 Å². The summed E-state index contributed by atoms with van der Waals surface area (Å²) in [6.07, 6.45) is -3.68. The number of alkyl halides is 3. The quantitative estimate of drug-likeness (QED) is 0.623. The predicted molar refractivity (Wildman–Crippen MR) is 115 cm³/mol. The number of anilines is 1. The lowest BCUT2D eigenvalue weighted by Crippen LogP contribution is -2.40. The monoisotopic (exact) mass is 460 g/mol. The van der Waals surface area contributed by atoms with Crippen molar-refractivity contribution in [3.8, 4) is 0 Å². The van der Waals surface area contributed by atoms with E-state index in [4.69, 9.17) is 0 Å². The molecular weight excluding hydrogens is 437 g/mol. The van der Waals surface area contributed by atoms with Crippen molar-refractivity contribution in [2.75, 3.05) is 5.32 Å². The number of carbonyl (C=O) groups is 4. The number of Topliss-reactive ketones (excluding diaryl/α,β-unsaturated/α-hetero) is 2. The van der Waals surface area contributed by atoms with E-state index in [9.17, 15) is 32.3 Å². The first-order valence-electron chi connectivity index (χ1n) is 10.5. The molecule has 1 N–H and O–H groups in total. The first-order chi connectivity index (χ1) is 15.5. The number of hydrogen-bond donors (Lipinski definition) is 1. The highest BCUT2D eigenvalue weighted by Crippen LogP contribution is 2.30. The van der Waals surface area contributed by atoms with E-state index < -0.39 is 23.7 Å². The zero-order valence-corrected chi connectivity index (χ0v) is 18.2. The van der Waals surface area contributed by atoms with Crippen molar-refractivity contribution < 1.29 is 32.3 Å². The maximum atomic E-state index is 12.8. The number of nitrogens with zero attached hydrogens (tertiary/aromatic N) is 1. The second-order valence-electron chi connectivity index (χ2n) is 7.89. The SMILES string of the molecule is CCC(=O)CCC(C(C)=O)N1Cc2cc(NC(=O)c3ccc(C(F)(F)F)cc3)ccc2C1=O. The van der Waals surface area contributed by atoms with Gasteiger partial charge in [-0.2, -0.15) is 13.2 Å². The fourth-order valence-corrected chi connectivity index (χ4v) is 3.74. The van der Waals surface area contributed by atoms with Gasteiger partial charge in [-0.25, -0.2) is 0 Å². The highest BCUT2D eigenvalue weighted by Gasteiger charge is 2.35. The molecule has 1 heterocycles. The van der Waals surface area contributed by atoms with E-state index in [-0.39, 0.29) is 42.4 Å². The summed E-state index contributed by atoms with van der Waals surface area (Å²) >= 11 is 0. The van der Waals surface area contributed by atoms with Gasteiger partial charge in [-0.15, -0.1) is 0 Å². The van der Waals surface area contributed by atoms with Crippen molar-refractivity contribution >= 4 is 29.1 Å². The van der Waals surface area contributed by atoms with Crippen LogP contribution in [0.1, 0.15) is 65.0 Å². The molecule has 0 bridgehead atoms. The molecule has 0 fully saturated rings. The molecule has 0 radical (unpaired) electrons. The molecule has 9 heteroatoms. The average Bonchev–Trinajstić information content (AvgIpc) is 3.08. The summed E-state index contributed by atoms with van der Waals surface area (Å²) in [4.78, 5) is 50.5. The summed E-state index contributed by atoms with van der Waals surface area (Å²) in [5, 5.41) is 2.61. The summed E-state index contributed by atoms with van der Waals surface area (Å²) in [7, 11) is 0. The van der Waals surface area contributed by atoms with Gasteiger partial charge < -0.3 is 10.2 Å². The Kier molecular flexibility index (Phi) is 7.00. The standard InChI is InChI=1S/C24H23F3N2O4/c1-3-19(31)9-11-21(14(2)30)29-13-16-12-18(8-10-20(16)23(29)33)28-22(32)15-4-6-17(7-5-15)24(25,26)27/h4-8,10,12,21H,3,9,11,13H2,1-2H3,(H,28,32). The first kappa shape index (κ1) is 24.2. The van der Waals surface area contributed by atoms with Crippen LogP contribution in [0.5, 0.6) is 0 Å².